The molecule has 4 fully saturated rings. The molecule has 4 aromatic rings. The molecule has 2 aliphatic heterocycles. The fourth-order valence-corrected chi connectivity index (χ4v) is 9.85. The van der Waals surface area contributed by atoms with Crippen molar-refractivity contribution in [3.63, 3.8) is 0 Å². The van der Waals surface area contributed by atoms with Gasteiger partial charge in [-0.25, -0.2) is 14.6 Å². The molecule has 0 unspecified atom stereocenters. The van der Waals surface area contributed by atoms with Crippen LogP contribution in [-0.2, 0) is 6.61 Å². The normalized spacial score (nSPS) is 22.6. The molecule has 1 aromatic carbocycles. The van der Waals surface area contributed by atoms with Gasteiger partial charge in [-0.05, 0) is 118 Å². The number of pyridine rings is 2. The summed E-state index contributed by atoms with van der Waals surface area (Å²) in [7, 11) is 0. The van der Waals surface area contributed by atoms with Gasteiger partial charge in [0.2, 0.25) is 5.88 Å². The molecule has 1 amide bonds. The predicted octanol–water partition coefficient (Wildman–Crippen LogP) is 7.45. The summed E-state index contributed by atoms with van der Waals surface area (Å²) in [5.41, 5.74) is 2.84. The number of carbonyl (C=O) groups excluding carboxylic acids is 1. The number of hydrogen-bond acceptors (Lipinski definition) is 9. The number of amides is 1. The van der Waals surface area contributed by atoms with Crippen molar-refractivity contribution >= 4 is 29.5 Å². The van der Waals surface area contributed by atoms with E-state index in [9.17, 15) is 4.79 Å². The van der Waals surface area contributed by atoms with Crippen LogP contribution in [0.2, 0.25) is 0 Å². The third-order valence-corrected chi connectivity index (χ3v) is 12.7. The van der Waals surface area contributed by atoms with Gasteiger partial charge in [0.1, 0.15) is 17.5 Å². The predicted molar refractivity (Wildman–Crippen MR) is 194 cm³/mol. The van der Waals surface area contributed by atoms with E-state index >= 15 is 0 Å². The van der Waals surface area contributed by atoms with Gasteiger partial charge >= 0.3 is 0 Å². The lowest BCUT2D eigenvalue weighted by Gasteiger charge is -2.34. The van der Waals surface area contributed by atoms with Gasteiger partial charge < -0.3 is 19.7 Å². The first kappa shape index (κ1) is 31.7. The molecule has 2 spiro atoms. The molecule has 1 atom stereocenters. The maximum atomic E-state index is 13.9. The lowest BCUT2D eigenvalue weighted by Crippen LogP contribution is -2.40. The summed E-state index contributed by atoms with van der Waals surface area (Å²) < 4.78 is 17.1. The van der Waals surface area contributed by atoms with Crippen LogP contribution in [0.4, 0.5) is 11.6 Å². The minimum atomic E-state index is -0.217. The van der Waals surface area contributed by atoms with Gasteiger partial charge in [0, 0.05) is 42.8 Å². The summed E-state index contributed by atoms with van der Waals surface area (Å²) in [4.78, 5) is 26.1. The Labute approximate surface area is 297 Å². The Hall–Kier alpha value is -4.25. The molecule has 50 heavy (non-hydrogen) atoms. The standard InChI is InChI=1S/C39H45N7O3S/c1-37(2)23-27-9-6-20-40-34-29(49-25-26-7-4-3-5-8-26)11-13-33(42-34)50-44-36(47)28-10-12-31(41-35(28)45(37)24-27)46-21-14-32(43-46)48-22-15-30-38(16-17-38)39(30)18-19-39/h3-5,7-8,10-14,21,27,30H,6,9,15-20,22-25H2,1-2H3,(H,40,42)(H,44,47)/t27-/m0/s1. The summed E-state index contributed by atoms with van der Waals surface area (Å²) in [5.74, 6) is 4.43. The Morgan fingerprint density at radius 3 is 2.58 bits per heavy atom. The van der Waals surface area contributed by atoms with E-state index in [0.29, 0.717) is 69.6 Å². The van der Waals surface area contributed by atoms with Crippen molar-refractivity contribution in [1.29, 1.82) is 0 Å². The van der Waals surface area contributed by atoms with E-state index in [4.69, 9.17) is 24.5 Å². The van der Waals surface area contributed by atoms with E-state index in [1.54, 1.807) is 4.68 Å². The second kappa shape index (κ2) is 12.2. The van der Waals surface area contributed by atoms with Crippen LogP contribution in [0.25, 0.3) is 5.82 Å². The van der Waals surface area contributed by atoms with Gasteiger partial charge in [-0.1, -0.05) is 30.3 Å². The highest BCUT2D eigenvalue weighted by atomic mass is 32.2. The molecule has 3 aliphatic carbocycles. The molecule has 1 saturated heterocycles. The zero-order valence-electron chi connectivity index (χ0n) is 28.9. The highest BCUT2D eigenvalue weighted by Gasteiger charge is 2.85. The largest absolute Gasteiger partial charge is 0.485 e. The average molecular weight is 692 g/mol. The Kier molecular flexibility index (Phi) is 7.75. The molecule has 4 bridgehead atoms. The van der Waals surface area contributed by atoms with Crippen LogP contribution < -0.4 is 24.4 Å². The first-order chi connectivity index (χ1) is 24.3. The first-order valence-corrected chi connectivity index (χ1v) is 19.0. The molecule has 3 aromatic heterocycles. The lowest BCUT2D eigenvalue weighted by molar-refractivity contribution is 0.0984. The second-order valence-electron chi connectivity index (χ2n) is 15.5. The average Bonchev–Trinajstić information content (AvgIpc) is 4.08. The van der Waals surface area contributed by atoms with Gasteiger partial charge in [0.15, 0.2) is 17.4 Å². The van der Waals surface area contributed by atoms with Crippen LogP contribution >= 0.6 is 11.9 Å². The molecule has 5 aliphatic rings. The molecule has 10 nitrogen and oxygen atoms in total. The molecule has 9 rings (SSSR count). The van der Waals surface area contributed by atoms with E-state index in [2.05, 4.69) is 28.8 Å². The number of ether oxygens (including phenoxy) is 2. The number of nitrogens with zero attached hydrogens (tertiary/aromatic N) is 5. The van der Waals surface area contributed by atoms with Crippen LogP contribution in [0.1, 0.15) is 81.1 Å². The van der Waals surface area contributed by atoms with Gasteiger partial charge in [-0.15, -0.1) is 5.10 Å². The molecule has 2 N–H and O–H groups in total. The van der Waals surface area contributed by atoms with Crippen LogP contribution in [0, 0.1) is 22.7 Å². The van der Waals surface area contributed by atoms with Crippen molar-refractivity contribution in [2.45, 2.75) is 82.4 Å². The van der Waals surface area contributed by atoms with E-state index in [1.807, 2.05) is 66.9 Å². The van der Waals surface area contributed by atoms with Crippen molar-refractivity contribution in [2.24, 2.45) is 22.7 Å². The molecule has 260 valence electrons. The van der Waals surface area contributed by atoms with Gasteiger partial charge in [0.25, 0.3) is 5.91 Å². The van der Waals surface area contributed by atoms with Crippen molar-refractivity contribution in [2.75, 3.05) is 29.9 Å². The maximum absolute atomic E-state index is 13.9. The highest BCUT2D eigenvalue weighted by molar-refractivity contribution is 7.97. The fourth-order valence-electron chi connectivity index (χ4n) is 9.27. The van der Waals surface area contributed by atoms with Crippen molar-refractivity contribution in [3.8, 4) is 17.4 Å². The molecule has 3 saturated carbocycles. The van der Waals surface area contributed by atoms with Gasteiger partial charge in [0.05, 0.1) is 12.2 Å². The topological polar surface area (TPSA) is 106 Å². The fraction of sp³-hybridized carbons (Fsp3) is 0.487. The number of fused-ring (bicyclic) bond motifs is 7. The van der Waals surface area contributed by atoms with Crippen molar-refractivity contribution in [1.82, 2.24) is 24.5 Å². The number of benzene rings is 1. The number of nitrogens with one attached hydrogen (secondary N) is 2. The minimum absolute atomic E-state index is 0.174. The summed E-state index contributed by atoms with van der Waals surface area (Å²) in [6.45, 7) is 7.26. The zero-order chi connectivity index (χ0) is 33.9. The monoisotopic (exact) mass is 691 g/mol. The smallest absolute Gasteiger partial charge is 0.265 e. The number of aromatic nitrogens is 4. The number of rotatable bonds is 8. The quantitative estimate of drug-likeness (QED) is 0.182. The van der Waals surface area contributed by atoms with Gasteiger partial charge in [-0.3, -0.25) is 9.52 Å². The number of carbonyl (C=O) groups is 1. The molecular weight excluding hydrogens is 647 g/mol. The Morgan fingerprint density at radius 1 is 0.960 bits per heavy atom. The lowest BCUT2D eigenvalue weighted by atomic mass is 9.93. The summed E-state index contributed by atoms with van der Waals surface area (Å²) in [5, 5.41) is 8.93. The second-order valence-corrected chi connectivity index (χ2v) is 16.3. The van der Waals surface area contributed by atoms with Crippen LogP contribution in [-0.4, -0.2) is 50.9 Å². The number of anilines is 2. The number of hydrogen-bond donors (Lipinski definition) is 2. The zero-order valence-corrected chi connectivity index (χ0v) is 29.7. The molecular formula is C39H45N7O3S. The molecule has 11 heteroatoms. The van der Waals surface area contributed by atoms with Crippen LogP contribution in [0.15, 0.2) is 71.9 Å². The van der Waals surface area contributed by atoms with Gasteiger partial charge in [-0.2, -0.15) is 0 Å². The van der Waals surface area contributed by atoms with Crippen molar-refractivity contribution in [3.05, 3.63) is 78.0 Å². The molecule has 0 radical (unpaired) electrons. The Bertz CT molecular complexity index is 1890. The van der Waals surface area contributed by atoms with Crippen LogP contribution in [0.3, 0.4) is 0 Å². The Balaban J connectivity index is 0.938. The summed E-state index contributed by atoms with van der Waals surface area (Å²) >= 11 is 1.19. The third-order valence-electron chi connectivity index (χ3n) is 12.0. The van der Waals surface area contributed by atoms with Crippen LogP contribution in [0.5, 0.6) is 11.6 Å². The minimum Gasteiger partial charge on any atom is -0.485 e. The van der Waals surface area contributed by atoms with E-state index in [1.165, 1.54) is 37.6 Å². The van der Waals surface area contributed by atoms with Crippen molar-refractivity contribution < 1.29 is 14.3 Å². The third kappa shape index (κ3) is 5.77. The molecule has 5 heterocycles. The summed E-state index contributed by atoms with van der Waals surface area (Å²) in [6.07, 6.45) is 11.8. The SMILES string of the molecule is CC1(C)C[C@@H]2CCCNc3nc(ccc3OCc3ccccc3)SNC(=O)c3ccc(-n4ccc(OCCC5C6(CC6)C56CC6)n4)nc3N1C2. The maximum Gasteiger partial charge on any atom is 0.265 e. The van der Waals surface area contributed by atoms with E-state index in [-0.39, 0.29) is 11.4 Å². The summed E-state index contributed by atoms with van der Waals surface area (Å²) in [6, 6.07) is 19.6. The van der Waals surface area contributed by atoms with E-state index < -0.39 is 0 Å². The highest BCUT2D eigenvalue weighted by Crippen LogP contribution is 2.93. The Morgan fingerprint density at radius 2 is 1.78 bits per heavy atom. The van der Waals surface area contributed by atoms with E-state index in [0.717, 1.165) is 50.3 Å². The first-order valence-electron chi connectivity index (χ1n) is 18.2.